The Kier molecular flexibility index (Phi) is 4.58. The first-order valence-electron chi connectivity index (χ1n) is 13.3. The summed E-state index contributed by atoms with van der Waals surface area (Å²) < 4.78 is 13.4. The Morgan fingerprint density at radius 3 is 2.40 bits per heavy atom. The average Bonchev–Trinajstić information content (AvgIpc) is 3.16. The number of hydrogen-bond donors (Lipinski definition) is 1. The third kappa shape index (κ3) is 2.61. The number of aliphatic hydroxyl groups is 1. The highest BCUT2D eigenvalue weighted by atomic mass is 16.7. The minimum atomic E-state index is -0.282. The van der Waals surface area contributed by atoms with E-state index in [4.69, 9.17) is 9.47 Å². The maximum absolute atomic E-state index is 10.3. The number of hydrogen-bond acceptors (Lipinski definition) is 3. The first-order valence-corrected chi connectivity index (χ1v) is 13.3. The fraction of sp³-hybridized carbons (Fsp3) is 1.00. The summed E-state index contributed by atoms with van der Waals surface area (Å²) in [5.41, 5.74) is 0.899. The first kappa shape index (κ1) is 20.5. The van der Waals surface area contributed by atoms with Crippen molar-refractivity contribution in [2.24, 2.45) is 52.3 Å². The highest BCUT2D eigenvalue weighted by molar-refractivity contribution is 5.15. The van der Waals surface area contributed by atoms with Crippen LogP contribution in [0.2, 0.25) is 0 Å². The van der Waals surface area contributed by atoms with Crippen LogP contribution >= 0.6 is 0 Å². The van der Waals surface area contributed by atoms with E-state index >= 15 is 0 Å². The quantitative estimate of drug-likeness (QED) is 0.543. The van der Waals surface area contributed by atoms with Gasteiger partial charge < -0.3 is 14.6 Å². The summed E-state index contributed by atoms with van der Waals surface area (Å²) in [5.74, 6) is 4.93. The molecule has 1 spiro atoms. The molecular weight excluding hydrogens is 372 g/mol. The number of ether oxygens (including phenoxy) is 2. The Balaban J connectivity index is 1.26. The smallest absolute Gasteiger partial charge is 0.171 e. The molecule has 4 aliphatic carbocycles. The predicted octanol–water partition coefficient (Wildman–Crippen LogP) is 5.79. The fourth-order valence-corrected chi connectivity index (χ4v) is 10.3. The average molecular weight is 417 g/mol. The fourth-order valence-electron chi connectivity index (χ4n) is 10.3. The van der Waals surface area contributed by atoms with Crippen molar-refractivity contribution >= 4 is 0 Å². The third-order valence-electron chi connectivity index (χ3n) is 11.9. The molecule has 6 fully saturated rings. The van der Waals surface area contributed by atoms with Gasteiger partial charge in [-0.2, -0.15) is 0 Å². The maximum atomic E-state index is 10.3. The highest BCUT2D eigenvalue weighted by Crippen LogP contribution is 2.71. The molecule has 2 saturated heterocycles. The Bertz CT molecular complexity index is 684. The molecule has 6 aliphatic rings. The minimum Gasteiger partial charge on any atom is -0.393 e. The van der Waals surface area contributed by atoms with E-state index in [-0.39, 0.29) is 11.9 Å². The molecule has 0 aromatic carbocycles. The van der Waals surface area contributed by atoms with Crippen LogP contribution in [0.5, 0.6) is 0 Å². The molecule has 0 aromatic heterocycles. The summed E-state index contributed by atoms with van der Waals surface area (Å²) in [7, 11) is 0. The number of aliphatic hydroxyl groups excluding tert-OH is 1. The highest BCUT2D eigenvalue weighted by Gasteiger charge is 2.69. The molecule has 12 atom stereocenters. The minimum absolute atomic E-state index is 0.0389. The van der Waals surface area contributed by atoms with Gasteiger partial charge in [-0.05, 0) is 104 Å². The molecule has 1 N–H and O–H groups in total. The van der Waals surface area contributed by atoms with Gasteiger partial charge >= 0.3 is 0 Å². The van der Waals surface area contributed by atoms with Gasteiger partial charge in [0.15, 0.2) is 5.79 Å². The van der Waals surface area contributed by atoms with Crippen molar-refractivity contribution < 1.29 is 14.6 Å². The van der Waals surface area contributed by atoms with Crippen LogP contribution in [0.4, 0.5) is 0 Å². The molecule has 4 saturated carbocycles. The Hall–Kier alpha value is -0.120. The summed E-state index contributed by atoms with van der Waals surface area (Å²) in [5, 5.41) is 10.3. The lowest BCUT2D eigenvalue weighted by Crippen LogP contribution is -2.55. The van der Waals surface area contributed by atoms with Crippen LogP contribution in [0.1, 0.15) is 91.9 Å². The standard InChI is InChI=1S/C27H44O3/c1-16-7-12-27(29-15-16)17(2)24-23(30-27)14-22-20-6-5-18-13-19(28)8-10-25(18,3)21(20)9-11-26(22,24)4/h16-24,28H,5-15H2,1-4H3/t16-,17+,18-,19+,20+,21+,22+,23-,24+,25+,26+,27-/m1/s1. The van der Waals surface area contributed by atoms with E-state index in [2.05, 4.69) is 27.7 Å². The van der Waals surface area contributed by atoms with Crippen LogP contribution in [0.3, 0.4) is 0 Å². The Morgan fingerprint density at radius 2 is 1.63 bits per heavy atom. The second-order valence-corrected chi connectivity index (χ2v) is 13.1. The largest absolute Gasteiger partial charge is 0.393 e. The first-order chi connectivity index (χ1) is 14.3. The Labute approximate surface area is 183 Å². The van der Waals surface area contributed by atoms with Crippen molar-refractivity contribution in [1.29, 1.82) is 0 Å². The van der Waals surface area contributed by atoms with E-state index in [1.807, 2.05) is 0 Å². The summed E-state index contributed by atoms with van der Waals surface area (Å²) in [6.07, 6.45) is 12.9. The lowest BCUT2D eigenvalue weighted by molar-refractivity contribution is -0.273. The lowest BCUT2D eigenvalue weighted by Gasteiger charge is -2.61. The third-order valence-corrected chi connectivity index (χ3v) is 11.9. The molecule has 0 radical (unpaired) electrons. The summed E-state index contributed by atoms with van der Waals surface area (Å²) in [6, 6.07) is 0. The predicted molar refractivity (Wildman–Crippen MR) is 118 cm³/mol. The van der Waals surface area contributed by atoms with Gasteiger partial charge in [-0.25, -0.2) is 0 Å². The Morgan fingerprint density at radius 1 is 0.833 bits per heavy atom. The maximum Gasteiger partial charge on any atom is 0.171 e. The van der Waals surface area contributed by atoms with Crippen LogP contribution < -0.4 is 0 Å². The molecule has 2 heterocycles. The van der Waals surface area contributed by atoms with Crippen molar-refractivity contribution in [2.75, 3.05) is 6.61 Å². The van der Waals surface area contributed by atoms with Crippen LogP contribution in [-0.2, 0) is 9.47 Å². The van der Waals surface area contributed by atoms with E-state index in [9.17, 15) is 5.11 Å². The normalized spacial score (nSPS) is 62.5. The van der Waals surface area contributed by atoms with Crippen LogP contribution in [-0.4, -0.2) is 29.7 Å². The summed E-state index contributed by atoms with van der Waals surface area (Å²) >= 11 is 0. The van der Waals surface area contributed by atoms with Crippen molar-refractivity contribution in [2.45, 2.75) is 110 Å². The molecule has 30 heavy (non-hydrogen) atoms. The zero-order valence-corrected chi connectivity index (χ0v) is 19.7. The monoisotopic (exact) mass is 416 g/mol. The zero-order valence-electron chi connectivity index (χ0n) is 19.7. The molecule has 6 rings (SSSR count). The van der Waals surface area contributed by atoms with E-state index in [0.29, 0.717) is 34.7 Å². The lowest BCUT2D eigenvalue weighted by atomic mass is 9.44. The SMILES string of the molecule is C[C@@H]1CC[C@@]2(OC1)O[C@@H]1C[C@H]3[C@H]4CC[C@@H]5C[C@@H](O)CC[C@]5(C)[C@H]4CC[C@]3(C)[C@H]1[C@@H]2C. The van der Waals surface area contributed by atoms with Gasteiger partial charge in [0.25, 0.3) is 0 Å². The van der Waals surface area contributed by atoms with Gasteiger partial charge in [-0.3, -0.25) is 0 Å². The second-order valence-electron chi connectivity index (χ2n) is 13.1. The van der Waals surface area contributed by atoms with Gasteiger partial charge in [0.2, 0.25) is 0 Å². The zero-order chi connectivity index (χ0) is 20.9. The van der Waals surface area contributed by atoms with E-state index in [1.54, 1.807) is 0 Å². The van der Waals surface area contributed by atoms with Gasteiger partial charge in [-0.1, -0.05) is 27.7 Å². The van der Waals surface area contributed by atoms with E-state index in [0.717, 1.165) is 49.5 Å². The molecular formula is C27H44O3. The molecule has 0 bridgehead atoms. The van der Waals surface area contributed by atoms with E-state index < -0.39 is 0 Å². The van der Waals surface area contributed by atoms with Crippen molar-refractivity contribution in [1.82, 2.24) is 0 Å². The van der Waals surface area contributed by atoms with Gasteiger partial charge in [-0.15, -0.1) is 0 Å². The van der Waals surface area contributed by atoms with Crippen LogP contribution in [0, 0.1) is 52.3 Å². The molecule has 3 heteroatoms. The summed E-state index contributed by atoms with van der Waals surface area (Å²) in [4.78, 5) is 0. The second kappa shape index (κ2) is 6.70. The van der Waals surface area contributed by atoms with Gasteiger partial charge in [0.05, 0.1) is 18.8 Å². The molecule has 170 valence electrons. The van der Waals surface area contributed by atoms with Gasteiger partial charge in [0, 0.05) is 12.3 Å². The number of rotatable bonds is 0. The van der Waals surface area contributed by atoms with Crippen molar-refractivity contribution in [3.63, 3.8) is 0 Å². The molecule has 2 aliphatic heterocycles. The van der Waals surface area contributed by atoms with E-state index in [1.165, 1.54) is 44.9 Å². The van der Waals surface area contributed by atoms with Gasteiger partial charge in [0.1, 0.15) is 0 Å². The molecule has 0 unspecified atom stereocenters. The summed E-state index contributed by atoms with van der Waals surface area (Å²) in [6.45, 7) is 10.9. The topological polar surface area (TPSA) is 38.7 Å². The molecule has 3 nitrogen and oxygen atoms in total. The van der Waals surface area contributed by atoms with Crippen molar-refractivity contribution in [3.05, 3.63) is 0 Å². The van der Waals surface area contributed by atoms with Crippen LogP contribution in [0.15, 0.2) is 0 Å². The molecule has 0 aromatic rings. The molecule has 0 amide bonds. The van der Waals surface area contributed by atoms with Crippen LogP contribution in [0.25, 0.3) is 0 Å². The van der Waals surface area contributed by atoms with Crippen molar-refractivity contribution in [3.8, 4) is 0 Å². The number of fused-ring (bicyclic) bond motifs is 7.